The summed E-state index contributed by atoms with van der Waals surface area (Å²) in [6.45, 7) is -1.75. The summed E-state index contributed by atoms with van der Waals surface area (Å²) in [5.74, 6) is -5.34. The van der Waals surface area contributed by atoms with E-state index in [1.807, 2.05) is 0 Å². The number of nitrogens with zero attached hydrogens (tertiary/aromatic N) is 4. The first-order valence-electron chi connectivity index (χ1n) is 11.3. The van der Waals surface area contributed by atoms with Gasteiger partial charge in [0.15, 0.2) is 5.75 Å². The molecule has 11 heteroatoms. The number of rotatable bonds is 5. The number of alkyl halides is 2. The van der Waals surface area contributed by atoms with Crippen molar-refractivity contribution in [1.82, 2.24) is 14.5 Å². The zero-order chi connectivity index (χ0) is 25.8. The van der Waals surface area contributed by atoms with E-state index in [-0.39, 0.29) is 29.7 Å². The van der Waals surface area contributed by atoms with E-state index in [1.165, 1.54) is 25.4 Å². The largest absolute Gasteiger partial charge is 0.505 e. The van der Waals surface area contributed by atoms with Gasteiger partial charge in [0, 0.05) is 31.8 Å². The zero-order valence-corrected chi connectivity index (χ0v) is 19.3. The SMILES string of the molecule is CN(CC1(C#N)CC1)C(=O)c1c(O)c2ncc(Cc3ccc(F)cc3)c3c2n(c1=O)CC(F)(F)CN3. The smallest absolute Gasteiger partial charge is 0.282 e. The molecule has 1 amide bonds. The van der Waals surface area contributed by atoms with Crippen LogP contribution in [0.25, 0.3) is 11.0 Å². The Morgan fingerprint density at radius 2 is 2.00 bits per heavy atom. The van der Waals surface area contributed by atoms with Crippen LogP contribution >= 0.6 is 0 Å². The molecule has 0 spiro atoms. The van der Waals surface area contributed by atoms with Crippen molar-refractivity contribution in [2.24, 2.45) is 5.41 Å². The number of pyridine rings is 2. The third-order valence-corrected chi connectivity index (χ3v) is 6.73. The van der Waals surface area contributed by atoms with Crippen molar-refractivity contribution in [3.63, 3.8) is 0 Å². The highest BCUT2D eigenvalue weighted by Gasteiger charge is 2.45. The quantitative estimate of drug-likeness (QED) is 0.560. The van der Waals surface area contributed by atoms with Gasteiger partial charge in [0.25, 0.3) is 17.4 Å². The highest BCUT2D eigenvalue weighted by atomic mass is 19.3. The molecule has 1 aliphatic heterocycles. The van der Waals surface area contributed by atoms with E-state index in [9.17, 15) is 33.1 Å². The lowest BCUT2D eigenvalue weighted by Gasteiger charge is -2.22. The minimum absolute atomic E-state index is 0.0378. The first-order chi connectivity index (χ1) is 17.0. The van der Waals surface area contributed by atoms with Crippen molar-refractivity contribution < 1.29 is 23.1 Å². The first-order valence-corrected chi connectivity index (χ1v) is 11.3. The molecule has 0 atom stereocenters. The zero-order valence-electron chi connectivity index (χ0n) is 19.3. The summed E-state index contributed by atoms with van der Waals surface area (Å²) in [5, 5.41) is 23.0. The molecule has 5 rings (SSSR count). The number of anilines is 1. The number of amides is 1. The average Bonchev–Trinajstić information content (AvgIpc) is 3.63. The van der Waals surface area contributed by atoms with Crippen molar-refractivity contribution >= 4 is 22.6 Å². The van der Waals surface area contributed by atoms with Gasteiger partial charge in [0.1, 0.15) is 16.9 Å². The summed E-state index contributed by atoms with van der Waals surface area (Å²) in [7, 11) is 1.39. The van der Waals surface area contributed by atoms with Crippen molar-refractivity contribution in [1.29, 1.82) is 5.26 Å². The molecule has 3 aromatic rings. The molecule has 36 heavy (non-hydrogen) atoms. The van der Waals surface area contributed by atoms with Gasteiger partial charge in [-0.25, -0.2) is 13.2 Å². The molecule has 8 nitrogen and oxygen atoms in total. The van der Waals surface area contributed by atoms with Crippen LogP contribution in [0.2, 0.25) is 0 Å². The van der Waals surface area contributed by atoms with E-state index < -0.39 is 53.0 Å². The number of benzene rings is 1. The van der Waals surface area contributed by atoms with Crippen LogP contribution in [0.3, 0.4) is 0 Å². The molecule has 0 unspecified atom stereocenters. The Morgan fingerprint density at radius 3 is 2.64 bits per heavy atom. The fraction of sp³-hybridized carbons (Fsp3) is 0.360. The highest BCUT2D eigenvalue weighted by molar-refractivity contribution is 6.04. The van der Waals surface area contributed by atoms with Crippen LogP contribution < -0.4 is 10.9 Å². The third kappa shape index (κ3) is 4.02. The topological polar surface area (TPSA) is 111 Å². The van der Waals surface area contributed by atoms with E-state index >= 15 is 0 Å². The fourth-order valence-electron chi connectivity index (χ4n) is 4.61. The maximum atomic E-state index is 14.7. The Balaban J connectivity index is 1.66. The lowest BCUT2D eigenvalue weighted by Crippen LogP contribution is -2.39. The van der Waals surface area contributed by atoms with E-state index in [4.69, 9.17) is 0 Å². The van der Waals surface area contributed by atoms with Crippen LogP contribution in [0.5, 0.6) is 5.75 Å². The number of carbonyl (C=O) groups is 1. The predicted molar refractivity (Wildman–Crippen MR) is 125 cm³/mol. The second-order valence-electron chi connectivity index (χ2n) is 9.54. The fourth-order valence-corrected chi connectivity index (χ4v) is 4.61. The van der Waals surface area contributed by atoms with Crippen LogP contribution in [0.4, 0.5) is 18.9 Å². The molecule has 1 fully saturated rings. The molecular formula is C25H22F3N5O3. The minimum Gasteiger partial charge on any atom is -0.505 e. The van der Waals surface area contributed by atoms with Gasteiger partial charge in [0.05, 0.1) is 35.8 Å². The number of nitrogens with one attached hydrogen (secondary N) is 1. The van der Waals surface area contributed by atoms with Gasteiger partial charge in [-0.1, -0.05) is 12.1 Å². The first kappa shape index (κ1) is 23.7. The molecule has 0 bridgehead atoms. The molecule has 1 aromatic carbocycles. The van der Waals surface area contributed by atoms with E-state index in [0.717, 1.165) is 9.47 Å². The van der Waals surface area contributed by atoms with Gasteiger partial charge in [-0.15, -0.1) is 0 Å². The Morgan fingerprint density at radius 1 is 1.31 bits per heavy atom. The predicted octanol–water partition coefficient (Wildman–Crippen LogP) is 3.27. The second kappa shape index (κ2) is 8.26. The molecule has 0 radical (unpaired) electrons. The van der Waals surface area contributed by atoms with Gasteiger partial charge in [0.2, 0.25) is 0 Å². The van der Waals surface area contributed by atoms with E-state index in [1.54, 1.807) is 12.1 Å². The lowest BCUT2D eigenvalue weighted by atomic mass is 10.0. The number of hydrogen-bond acceptors (Lipinski definition) is 6. The minimum atomic E-state index is -3.34. The Hall–Kier alpha value is -4.07. The van der Waals surface area contributed by atoms with Gasteiger partial charge < -0.3 is 15.3 Å². The van der Waals surface area contributed by atoms with Gasteiger partial charge in [-0.05, 0) is 30.5 Å². The van der Waals surface area contributed by atoms with Gasteiger partial charge in [-0.2, -0.15) is 5.26 Å². The summed E-state index contributed by atoms with van der Waals surface area (Å²) in [5.41, 5.74) is -1.31. The summed E-state index contributed by atoms with van der Waals surface area (Å²) < 4.78 is 43.6. The van der Waals surface area contributed by atoms with E-state index in [2.05, 4.69) is 16.4 Å². The maximum Gasteiger partial charge on any atom is 0.282 e. The molecule has 0 saturated heterocycles. The van der Waals surface area contributed by atoms with Crippen molar-refractivity contribution in [2.45, 2.75) is 31.7 Å². The normalized spacial score (nSPS) is 17.1. The number of hydrogen-bond donors (Lipinski definition) is 2. The number of carbonyl (C=O) groups excluding carboxylic acids is 1. The number of halogens is 3. The summed E-state index contributed by atoms with van der Waals surface area (Å²) in [6.07, 6.45) is 2.79. The van der Waals surface area contributed by atoms with Crippen LogP contribution in [0.15, 0.2) is 35.3 Å². The number of aromatic hydroxyl groups is 1. The molecule has 3 heterocycles. The van der Waals surface area contributed by atoms with E-state index in [0.29, 0.717) is 24.0 Å². The molecular weight excluding hydrogens is 475 g/mol. The number of nitriles is 1. The van der Waals surface area contributed by atoms with Crippen LogP contribution in [-0.4, -0.2) is 51.5 Å². The Bertz CT molecular complexity index is 1490. The monoisotopic (exact) mass is 497 g/mol. The highest BCUT2D eigenvalue weighted by Crippen LogP contribution is 2.45. The van der Waals surface area contributed by atoms with Gasteiger partial charge >= 0.3 is 0 Å². The maximum absolute atomic E-state index is 14.7. The van der Waals surface area contributed by atoms with Crippen LogP contribution in [0.1, 0.15) is 34.3 Å². The molecule has 2 aliphatic rings. The molecule has 1 aliphatic carbocycles. The third-order valence-electron chi connectivity index (χ3n) is 6.73. The molecule has 2 aromatic heterocycles. The summed E-state index contributed by atoms with van der Waals surface area (Å²) >= 11 is 0. The standard InChI is InChI=1S/C25H22F3N5O3/c1-32(12-24(10-29)6-7-24)22(35)17-21(34)19-20-18(31-11-25(27,28)13-33(20)23(17)36)15(9-30-19)8-14-2-4-16(26)5-3-14/h2-5,9,31,34H,6-8,11-13H2,1H3. The molecule has 2 N–H and O–H groups in total. The van der Waals surface area contributed by atoms with Crippen molar-refractivity contribution in [2.75, 3.05) is 25.5 Å². The molecule has 1 saturated carbocycles. The Kier molecular flexibility index (Phi) is 5.43. The molecule has 186 valence electrons. The summed E-state index contributed by atoms with van der Waals surface area (Å²) in [6, 6.07) is 7.80. The average molecular weight is 497 g/mol. The van der Waals surface area contributed by atoms with Gasteiger partial charge in [-0.3, -0.25) is 19.1 Å². The van der Waals surface area contributed by atoms with Crippen molar-refractivity contribution in [3.05, 3.63) is 63.3 Å². The van der Waals surface area contributed by atoms with Crippen LogP contribution in [-0.2, 0) is 13.0 Å². The summed E-state index contributed by atoms with van der Waals surface area (Å²) in [4.78, 5) is 32.0. The lowest BCUT2D eigenvalue weighted by molar-refractivity contribution is -0.000967. The van der Waals surface area contributed by atoms with Crippen molar-refractivity contribution in [3.8, 4) is 11.8 Å². The number of aromatic nitrogens is 2. The Labute approximate surface area is 203 Å². The second-order valence-corrected chi connectivity index (χ2v) is 9.54. The van der Waals surface area contributed by atoms with Crippen LogP contribution in [0, 0.1) is 22.6 Å².